The van der Waals surface area contributed by atoms with Gasteiger partial charge in [0.05, 0.1) is 30.8 Å². The third-order valence-corrected chi connectivity index (χ3v) is 7.85. The summed E-state index contributed by atoms with van der Waals surface area (Å²) >= 11 is 0. The fourth-order valence-electron chi connectivity index (χ4n) is 5.48. The maximum absolute atomic E-state index is 15.2. The number of rotatable bonds is 9. The molecule has 3 aromatic rings. The number of pyridine rings is 2. The fourth-order valence-corrected chi connectivity index (χ4v) is 5.48. The molecule has 2 saturated heterocycles. The fraction of sp³-hybridized carbons (Fsp3) is 0.414. The summed E-state index contributed by atoms with van der Waals surface area (Å²) in [6.07, 6.45) is 2.35. The third-order valence-electron chi connectivity index (χ3n) is 7.85. The molecule has 2 atom stereocenters. The smallest absolute Gasteiger partial charge is 0.414 e. The van der Waals surface area contributed by atoms with Gasteiger partial charge in [-0.05, 0) is 37.5 Å². The summed E-state index contributed by atoms with van der Waals surface area (Å²) in [5.74, 6) is -3.01. The Bertz CT molecular complexity index is 1690. The van der Waals surface area contributed by atoms with Crippen LogP contribution >= 0.6 is 0 Å². The maximum atomic E-state index is 15.2. The predicted octanol–water partition coefficient (Wildman–Crippen LogP) is 3.07. The molecule has 226 valence electrons. The van der Waals surface area contributed by atoms with Gasteiger partial charge in [0.2, 0.25) is 11.3 Å². The molecule has 1 aliphatic carbocycles. The van der Waals surface area contributed by atoms with Crippen molar-refractivity contribution < 1.29 is 37.7 Å². The van der Waals surface area contributed by atoms with Gasteiger partial charge >= 0.3 is 12.1 Å². The van der Waals surface area contributed by atoms with Crippen LogP contribution in [0.15, 0.2) is 35.3 Å². The highest BCUT2D eigenvalue weighted by molar-refractivity contribution is 5.92. The van der Waals surface area contributed by atoms with Crippen molar-refractivity contribution in [3.05, 3.63) is 57.9 Å². The molecule has 2 aliphatic heterocycles. The van der Waals surface area contributed by atoms with E-state index in [2.05, 4.69) is 10.3 Å². The number of nitrogens with zero attached hydrogens (tertiary/aromatic N) is 4. The SMILES string of the molecule is CC(=O)NC[C@H]1CN(c2ccc(OC[C@@H]3CCN(c4nc5c(cc4F)c(=O)c(C(=O)O)cn5C4CC4)C3)c(F)c2)C(=O)O1. The Kier molecular flexibility index (Phi) is 7.36. The van der Waals surface area contributed by atoms with E-state index in [1.807, 2.05) is 0 Å². The molecule has 2 amide bonds. The van der Waals surface area contributed by atoms with Gasteiger partial charge in [0.25, 0.3) is 0 Å². The van der Waals surface area contributed by atoms with Crippen LogP contribution in [0.5, 0.6) is 5.75 Å². The van der Waals surface area contributed by atoms with Gasteiger partial charge in [0.1, 0.15) is 17.3 Å². The quantitative estimate of drug-likeness (QED) is 0.380. The predicted molar refractivity (Wildman–Crippen MR) is 150 cm³/mol. The second-order valence-electron chi connectivity index (χ2n) is 11.1. The van der Waals surface area contributed by atoms with Gasteiger partial charge in [0.15, 0.2) is 23.2 Å². The number of carboxylic acid groups (broad SMARTS) is 1. The van der Waals surface area contributed by atoms with Crippen molar-refractivity contribution in [1.82, 2.24) is 14.9 Å². The number of carbonyl (C=O) groups is 3. The Hall–Kier alpha value is -4.75. The van der Waals surface area contributed by atoms with E-state index in [0.717, 1.165) is 18.9 Å². The molecule has 14 heteroatoms. The Morgan fingerprint density at radius 1 is 1.14 bits per heavy atom. The lowest BCUT2D eigenvalue weighted by Gasteiger charge is -2.20. The Morgan fingerprint density at radius 2 is 1.93 bits per heavy atom. The molecule has 1 saturated carbocycles. The number of cyclic esters (lactones) is 1. The summed E-state index contributed by atoms with van der Waals surface area (Å²) in [7, 11) is 0. The van der Waals surface area contributed by atoms with Gasteiger partial charge < -0.3 is 29.4 Å². The van der Waals surface area contributed by atoms with Gasteiger partial charge in [0, 0.05) is 44.2 Å². The summed E-state index contributed by atoms with van der Waals surface area (Å²) in [6, 6.07) is 5.23. The van der Waals surface area contributed by atoms with Crippen LogP contribution in [0.25, 0.3) is 11.0 Å². The number of benzene rings is 1. The molecule has 3 aliphatic rings. The molecule has 12 nitrogen and oxygen atoms in total. The second-order valence-corrected chi connectivity index (χ2v) is 11.1. The molecule has 3 fully saturated rings. The molecular weight excluding hydrogens is 568 g/mol. The van der Waals surface area contributed by atoms with Crippen molar-refractivity contribution in [2.45, 2.75) is 38.3 Å². The van der Waals surface area contributed by atoms with E-state index >= 15 is 4.39 Å². The number of nitrogens with one attached hydrogen (secondary N) is 1. The normalized spacial score (nSPS) is 20.0. The van der Waals surface area contributed by atoms with Gasteiger partial charge in [-0.3, -0.25) is 14.5 Å². The highest BCUT2D eigenvalue weighted by Crippen LogP contribution is 2.37. The Morgan fingerprint density at radius 3 is 2.63 bits per heavy atom. The number of ether oxygens (including phenoxy) is 2. The first-order valence-corrected chi connectivity index (χ1v) is 14.0. The number of amides is 2. The molecule has 6 rings (SSSR count). The number of aromatic nitrogens is 2. The van der Waals surface area contributed by atoms with Gasteiger partial charge in [-0.1, -0.05) is 0 Å². The number of hydrogen-bond acceptors (Lipinski definition) is 8. The van der Waals surface area contributed by atoms with E-state index in [0.29, 0.717) is 25.2 Å². The first-order chi connectivity index (χ1) is 20.6. The average molecular weight is 598 g/mol. The highest BCUT2D eigenvalue weighted by Gasteiger charge is 2.34. The monoisotopic (exact) mass is 597 g/mol. The van der Waals surface area contributed by atoms with Crippen LogP contribution < -0.4 is 25.3 Å². The molecule has 4 heterocycles. The minimum absolute atomic E-state index is 0.00209. The van der Waals surface area contributed by atoms with Gasteiger partial charge in [-0.2, -0.15) is 0 Å². The van der Waals surface area contributed by atoms with E-state index < -0.39 is 40.8 Å². The number of anilines is 2. The highest BCUT2D eigenvalue weighted by atomic mass is 19.1. The molecule has 0 spiro atoms. The minimum atomic E-state index is -1.37. The van der Waals surface area contributed by atoms with Crippen LogP contribution in [-0.2, 0) is 9.53 Å². The number of halogens is 2. The minimum Gasteiger partial charge on any atom is -0.490 e. The molecular formula is C29H29F2N5O7. The molecule has 0 bridgehead atoms. The number of carboxylic acids is 1. The molecule has 2 aromatic heterocycles. The maximum Gasteiger partial charge on any atom is 0.414 e. The second kappa shape index (κ2) is 11.2. The zero-order valence-electron chi connectivity index (χ0n) is 23.2. The van der Waals surface area contributed by atoms with Gasteiger partial charge in [-0.25, -0.2) is 23.4 Å². The summed E-state index contributed by atoms with van der Waals surface area (Å²) in [6.45, 7) is 2.67. The topological polar surface area (TPSA) is 143 Å². The summed E-state index contributed by atoms with van der Waals surface area (Å²) in [5, 5.41) is 12.0. The van der Waals surface area contributed by atoms with E-state index in [9.17, 15) is 28.7 Å². The molecule has 43 heavy (non-hydrogen) atoms. The number of fused-ring (bicyclic) bond motifs is 1. The van der Waals surface area contributed by atoms with E-state index in [4.69, 9.17) is 9.47 Å². The Balaban J connectivity index is 1.12. The van der Waals surface area contributed by atoms with Crippen molar-refractivity contribution in [3.8, 4) is 5.75 Å². The largest absolute Gasteiger partial charge is 0.490 e. The number of aromatic carboxylic acids is 1. The zero-order valence-corrected chi connectivity index (χ0v) is 23.2. The van der Waals surface area contributed by atoms with Crippen molar-refractivity contribution in [3.63, 3.8) is 0 Å². The van der Waals surface area contributed by atoms with Crippen LogP contribution in [0.4, 0.5) is 25.1 Å². The molecule has 2 N–H and O–H groups in total. The van der Waals surface area contributed by atoms with Gasteiger partial charge in [-0.15, -0.1) is 0 Å². The van der Waals surface area contributed by atoms with Crippen LogP contribution in [-0.4, -0.2) is 71.5 Å². The van der Waals surface area contributed by atoms with Crippen LogP contribution in [0.2, 0.25) is 0 Å². The number of hydrogen-bond donors (Lipinski definition) is 2. The van der Waals surface area contributed by atoms with Crippen LogP contribution in [0, 0.1) is 17.6 Å². The van der Waals surface area contributed by atoms with E-state index in [1.54, 1.807) is 15.5 Å². The van der Waals surface area contributed by atoms with Crippen molar-refractivity contribution in [2.75, 3.05) is 42.6 Å². The van der Waals surface area contributed by atoms with Crippen molar-refractivity contribution in [2.24, 2.45) is 5.92 Å². The number of carbonyl (C=O) groups excluding carboxylic acids is 2. The van der Waals surface area contributed by atoms with E-state index in [1.165, 1.54) is 30.2 Å². The van der Waals surface area contributed by atoms with Crippen molar-refractivity contribution in [1.29, 1.82) is 0 Å². The van der Waals surface area contributed by atoms with E-state index in [-0.39, 0.29) is 60.2 Å². The zero-order chi connectivity index (χ0) is 30.4. The first kappa shape index (κ1) is 28.4. The van der Waals surface area contributed by atoms with Crippen LogP contribution in [0.1, 0.15) is 42.6 Å². The molecule has 0 radical (unpaired) electrons. The molecule has 1 aromatic carbocycles. The first-order valence-electron chi connectivity index (χ1n) is 14.0. The lowest BCUT2D eigenvalue weighted by atomic mass is 10.1. The average Bonchev–Trinajstić information content (AvgIpc) is 3.58. The standard InChI is InChI=1S/C29H29F2N5O7/c1-15(37)32-10-19-12-36(29(41)43-19)18-4-5-24(22(30)8-18)42-14-16-6-7-34(11-16)27-23(31)9-20-25(38)21(28(39)40)13-35(17-2-3-17)26(20)33-27/h4-5,8-9,13,16-17,19H,2-3,6-7,10-12,14H2,1H3,(H,32,37)(H,39,40)/t16-,19+/m1/s1. The van der Waals surface area contributed by atoms with Crippen LogP contribution in [0.3, 0.4) is 0 Å². The van der Waals surface area contributed by atoms with Crippen molar-refractivity contribution >= 4 is 40.5 Å². The molecule has 0 unspecified atom stereocenters. The summed E-state index contributed by atoms with van der Waals surface area (Å²) < 4.78 is 42.8. The lowest BCUT2D eigenvalue weighted by molar-refractivity contribution is -0.119. The summed E-state index contributed by atoms with van der Waals surface area (Å²) in [5.41, 5.74) is -0.646. The summed E-state index contributed by atoms with van der Waals surface area (Å²) in [4.78, 5) is 55.2. The Labute approximate surface area is 243 Å². The lowest BCUT2D eigenvalue weighted by Crippen LogP contribution is -2.33. The third kappa shape index (κ3) is 5.68.